The first-order valence-corrected chi connectivity index (χ1v) is 6.97. The third-order valence-electron chi connectivity index (χ3n) is 3.09. The molecule has 0 aromatic carbocycles. The van der Waals surface area contributed by atoms with Crippen LogP contribution >= 0.6 is 0 Å². The van der Waals surface area contributed by atoms with Gasteiger partial charge in [0, 0.05) is 14.1 Å². The van der Waals surface area contributed by atoms with E-state index in [-0.39, 0.29) is 23.3 Å². The summed E-state index contributed by atoms with van der Waals surface area (Å²) in [5, 5.41) is 3.88. The van der Waals surface area contributed by atoms with Crippen LogP contribution in [0.5, 0.6) is 0 Å². The van der Waals surface area contributed by atoms with Gasteiger partial charge in [-0.15, -0.1) is 5.10 Å². The average Bonchev–Trinajstić information content (AvgIpc) is 2.48. The summed E-state index contributed by atoms with van der Waals surface area (Å²) in [7, 11) is 3.09. The molecule has 0 fully saturated rings. The molecule has 2 aromatic heterocycles. The van der Waals surface area contributed by atoms with Crippen molar-refractivity contribution in [3.63, 3.8) is 0 Å². The van der Waals surface area contributed by atoms with Crippen molar-refractivity contribution in [1.29, 1.82) is 0 Å². The van der Waals surface area contributed by atoms with E-state index >= 15 is 0 Å². The maximum atomic E-state index is 12.8. The Morgan fingerprint density at radius 1 is 1.33 bits per heavy atom. The lowest BCUT2D eigenvalue weighted by atomic mass is 10.2. The lowest BCUT2D eigenvalue weighted by Gasteiger charge is -2.16. The SMILES string of the molecule is CCOC(=O)Cn1nc(N(C)C)c2nc(C(F)(F)F)ccc2c1=O. The Balaban J connectivity index is 2.68. The van der Waals surface area contributed by atoms with E-state index in [2.05, 4.69) is 10.1 Å². The summed E-state index contributed by atoms with van der Waals surface area (Å²) < 4.78 is 44.1. The van der Waals surface area contributed by atoms with Gasteiger partial charge in [-0.2, -0.15) is 13.2 Å². The van der Waals surface area contributed by atoms with Crippen molar-refractivity contribution < 1.29 is 22.7 Å². The molecular formula is C14H15F3N4O3. The molecule has 0 aliphatic heterocycles. The van der Waals surface area contributed by atoms with Gasteiger partial charge in [-0.3, -0.25) is 9.59 Å². The molecule has 24 heavy (non-hydrogen) atoms. The van der Waals surface area contributed by atoms with Gasteiger partial charge in [0.2, 0.25) is 0 Å². The molecule has 0 saturated carbocycles. The minimum Gasteiger partial charge on any atom is -0.465 e. The molecule has 0 spiro atoms. The topological polar surface area (TPSA) is 77.3 Å². The van der Waals surface area contributed by atoms with Crippen molar-refractivity contribution in [2.75, 3.05) is 25.6 Å². The normalized spacial score (nSPS) is 11.6. The van der Waals surface area contributed by atoms with E-state index in [1.54, 1.807) is 21.0 Å². The van der Waals surface area contributed by atoms with Gasteiger partial charge in [0.05, 0.1) is 12.0 Å². The Morgan fingerprint density at radius 3 is 2.54 bits per heavy atom. The first-order chi connectivity index (χ1) is 11.1. The first kappa shape index (κ1) is 17.7. The summed E-state index contributed by atoms with van der Waals surface area (Å²) in [6.45, 7) is 1.31. The molecule has 0 amide bonds. The van der Waals surface area contributed by atoms with Crippen LogP contribution in [0.4, 0.5) is 19.0 Å². The second-order valence-corrected chi connectivity index (χ2v) is 5.08. The number of hydrogen-bond acceptors (Lipinski definition) is 6. The quantitative estimate of drug-likeness (QED) is 0.781. The molecule has 0 N–H and O–H groups in total. The van der Waals surface area contributed by atoms with E-state index < -0.39 is 29.9 Å². The number of nitrogens with zero attached hydrogens (tertiary/aromatic N) is 4. The Hall–Kier alpha value is -2.65. The summed E-state index contributed by atoms with van der Waals surface area (Å²) in [5.41, 5.74) is -2.02. The summed E-state index contributed by atoms with van der Waals surface area (Å²) in [5.74, 6) is -0.629. The fraction of sp³-hybridized carbons (Fsp3) is 0.429. The van der Waals surface area contributed by atoms with E-state index in [0.717, 1.165) is 16.8 Å². The monoisotopic (exact) mass is 344 g/mol. The molecule has 0 saturated heterocycles. The summed E-state index contributed by atoms with van der Waals surface area (Å²) in [6.07, 6.45) is -4.64. The molecule has 2 aromatic rings. The van der Waals surface area contributed by atoms with Crippen molar-refractivity contribution in [3.8, 4) is 0 Å². The van der Waals surface area contributed by atoms with Crippen molar-refractivity contribution in [2.45, 2.75) is 19.6 Å². The van der Waals surface area contributed by atoms with Gasteiger partial charge in [-0.1, -0.05) is 0 Å². The van der Waals surface area contributed by atoms with Crippen LogP contribution in [-0.4, -0.2) is 41.4 Å². The lowest BCUT2D eigenvalue weighted by molar-refractivity contribution is -0.144. The molecule has 130 valence electrons. The fourth-order valence-corrected chi connectivity index (χ4v) is 2.04. The highest BCUT2D eigenvalue weighted by molar-refractivity contribution is 5.87. The van der Waals surface area contributed by atoms with E-state index in [9.17, 15) is 22.8 Å². The number of pyridine rings is 1. The van der Waals surface area contributed by atoms with E-state index in [0.29, 0.717) is 0 Å². The first-order valence-electron chi connectivity index (χ1n) is 6.97. The zero-order valence-electron chi connectivity index (χ0n) is 13.2. The maximum absolute atomic E-state index is 12.8. The molecule has 0 unspecified atom stereocenters. The van der Waals surface area contributed by atoms with Crippen molar-refractivity contribution in [2.24, 2.45) is 0 Å². The Bertz CT molecular complexity index is 830. The standard InChI is InChI=1S/C14H15F3N4O3/c1-4-24-10(22)7-21-13(23)8-5-6-9(14(15,16)17)18-11(8)12(19-21)20(2)3/h5-6H,4,7H2,1-3H3. The van der Waals surface area contributed by atoms with Crippen molar-refractivity contribution >= 4 is 22.7 Å². The van der Waals surface area contributed by atoms with Gasteiger partial charge in [0.25, 0.3) is 5.56 Å². The van der Waals surface area contributed by atoms with Crippen LogP contribution in [0.1, 0.15) is 12.6 Å². The lowest BCUT2D eigenvalue weighted by Crippen LogP contribution is -2.30. The van der Waals surface area contributed by atoms with Gasteiger partial charge in [0.1, 0.15) is 17.8 Å². The van der Waals surface area contributed by atoms with Crippen LogP contribution in [0.2, 0.25) is 0 Å². The van der Waals surface area contributed by atoms with Gasteiger partial charge in [-0.25, -0.2) is 9.67 Å². The van der Waals surface area contributed by atoms with Crippen LogP contribution in [0.25, 0.3) is 10.9 Å². The third kappa shape index (κ3) is 3.47. The summed E-state index contributed by atoms with van der Waals surface area (Å²) in [4.78, 5) is 28.9. The maximum Gasteiger partial charge on any atom is 0.433 e. The second kappa shape index (κ2) is 6.46. The molecule has 2 rings (SSSR count). The molecule has 0 aliphatic rings. The van der Waals surface area contributed by atoms with Gasteiger partial charge < -0.3 is 9.64 Å². The molecule has 0 radical (unpaired) electrons. The zero-order valence-corrected chi connectivity index (χ0v) is 13.2. The number of anilines is 1. The Morgan fingerprint density at radius 2 is 2.00 bits per heavy atom. The highest BCUT2D eigenvalue weighted by atomic mass is 19.4. The Kier molecular flexibility index (Phi) is 4.76. The number of rotatable bonds is 4. The smallest absolute Gasteiger partial charge is 0.433 e. The predicted molar refractivity (Wildman–Crippen MR) is 79.8 cm³/mol. The van der Waals surface area contributed by atoms with Crippen LogP contribution in [0.3, 0.4) is 0 Å². The third-order valence-corrected chi connectivity index (χ3v) is 3.09. The molecule has 2 heterocycles. The number of aromatic nitrogens is 3. The van der Waals surface area contributed by atoms with Gasteiger partial charge >= 0.3 is 12.1 Å². The summed E-state index contributed by atoms with van der Waals surface area (Å²) >= 11 is 0. The van der Waals surface area contributed by atoms with E-state index in [4.69, 9.17) is 4.74 Å². The number of fused-ring (bicyclic) bond motifs is 1. The minimum atomic E-state index is -4.64. The van der Waals surface area contributed by atoms with Gasteiger partial charge in [-0.05, 0) is 19.1 Å². The highest BCUT2D eigenvalue weighted by Gasteiger charge is 2.33. The van der Waals surface area contributed by atoms with E-state index in [1.807, 2.05) is 0 Å². The molecule has 0 bridgehead atoms. The number of carbonyl (C=O) groups is 1. The van der Waals surface area contributed by atoms with Crippen molar-refractivity contribution in [1.82, 2.24) is 14.8 Å². The average molecular weight is 344 g/mol. The largest absolute Gasteiger partial charge is 0.465 e. The van der Waals surface area contributed by atoms with Crippen LogP contribution < -0.4 is 10.5 Å². The molecule has 0 atom stereocenters. The minimum absolute atomic E-state index is 0.0417. The Labute approximate surface area is 134 Å². The number of hydrogen-bond donors (Lipinski definition) is 0. The van der Waals surface area contributed by atoms with Gasteiger partial charge in [0.15, 0.2) is 5.82 Å². The molecular weight excluding hydrogens is 329 g/mol. The predicted octanol–water partition coefficient (Wildman–Crippen LogP) is 1.44. The second-order valence-electron chi connectivity index (χ2n) is 5.08. The number of alkyl halides is 3. The van der Waals surface area contributed by atoms with Crippen LogP contribution in [0.15, 0.2) is 16.9 Å². The molecule has 10 heteroatoms. The number of ether oxygens (including phenoxy) is 1. The van der Waals surface area contributed by atoms with Crippen LogP contribution in [0, 0.1) is 0 Å². The van der Waals surface area contributed by atoms with E-state index in [1.165, 1.54) is 4.90 Å². The summed E-state index contributed by atoms with van der Waals surface area (Å²) in [6, 6.07) is 1.75. The number of carbonyl (C=O) groups excluding carboxylic acids is 1. The molecule has 0 aliphatic carbocycles. The number of halogens is 3. The van der Waals surface area contributed by atoms with Crippen molar-refractivity contribution in [3.05, 3.63) is 28.2 Å². The van der Waals surface area contributed by atoms with Crippen LogP contribution in [-0.2, 0) is 22.3 Å². The number of esters is 1. The fourth-order valence-electron chi connectivity index (χ4n) is 2.04. The zero-order chi connectivity index (χ0) is 18.1. The highest BCUT2D eigenvalue weighted by Crippen LogP contribution is 2.30. The molecule has 7 nitrogen and oxygen atoms in total.